The topological polar surface area (TPSA) is 71.3 Å². The molecule has 1 N–H and O–H groups in total. The Kier molecular flexibility index (Phi) is 6.85. The number of carbonyl (C=O) groups is 1. The Balaban J connectivity index is 1.49. The number of amides is 1. The fraction of sp³-hybridized carbons (Fsp3) is 0.550. The van der Waals surface area contributed by atoms with Crippen LogP contribution in [0, 0.1) is 5.92 Å². The van der Waals surface area contributed by atoms with Crippen molar-refractivity contribution < 1.29 is 9.32 Å². The minimum atomic E-state index is 0.106. The van der Waals surface area contributed by atoms with Crippen molar-refractivity contribution in [3.05, 3.63) is 35.2 Å². The zero-order chi connectivity index (χ0) is 19.2. The molecule has 0 radical (unpaired) electrons. The lowest BCUT2D eigenvalue weighted by molar-refractivity contribution is -0.127. The molecule has 0 bridgehead atoms. The third-order valence-electron chi connectivity index (χ3n) is 5.22. The Hall–Kier alpha value is -1.92. The number of nitrogens with one attached hydrogen (secondary N) is 1. The molecule has 0 aliphatic carbocycles. The van der Waals surface area contributed by atoms with Gasteiger partial charge in [-0.05, 0) is 63.0 Å². The van der Waals surface area contributed by atoms with Gasteiger partial charge in [0, 0.05) is 22.5 Å². The van der Waals surface area contributed by atoms with Gasteiger partial charge in [-0.2, -0.15) is 4.98 Å². The molecule has 6 nitrogen and oxygen atoms in total. The standard InChI is InChI=1S/C20H27ClN4O2/c1-3-17(4-2)22-20(26)15-9-11-25(12-10-15)13-18-23-19(24-27-18)14-5-7-16(21)8-6-14/h5-8,15,17H,3-4,9-13H2,1-2H3,(H,22,26). The predicted molar refractivity (Wildman–Crippen MR) is 105 cm³/mol. The summed E-state index contributed by atoms with van der Waals surface area (Å²) in [7, 11) is 0. The van der Waals surface area contributed by atoms with Crippen molar-refractivity contribution in [2.45, 2.75) is 52.1 Å². The number of halogens is 1. The highest BCUT2D eigenvalue weighted by molar-refractivity contribution is 6.30. The number of piperidine rings is 1. The van der Waals surface area contributed by atoms with Crippen molar-refractivity contribution in [2.24, 2.45) is 5.92 Å². The zero-order valence-corrected chi connectivity index (χ0v) is 16.7. The molecule has 2 heterocycles. The van der Waals surface area contributed by atoms with E-state index < -0.39 is 0 Å². The van der Waals surface area contributed by atoms with E-state index in [0.29, 0.717) is 29.3 Å². The number of rotatable bonds is 7. The lowest BCUT2D eigenvalue weighted by atomic mass is 9.95. The van der Waals surface area contributed by atoms with Gasteiger partial charge in [0.15, 0.2) is 0 Å². The molecule has 7 heteroatoms. The van der Waals surface area contributed by atoms with Gasteiger partial charge >= 0.3 is 0 Å². The fourth-order valence-corrected chi connectivity index (χ4v) is 3.52. The summed E-state index contributed by atoms with van der Waals surface area (Å²) >= 11 is 5.91. The Labute approximate surface area is 165 Å². The van der Waals surface area contributed by atoms with Crippen LogP contribution >= 0.6 is 11.6 Å². The van der Waals surface area contributed by atoms with Crippen LogP contribution in [0.3, 0.4) is 0 Å². The zero-order valence-electron chi connectivity index (χ0n) is 15.9. The van der Waals surface area contributed by atoms with E-state index in [0.717, 1.165) is 44.3 Å². The summed E-state index contributed by atoms with van der Waals surface area (Å²) < 4.78 is 5.39. The van der Waals surface area contributed by atoms with Crippen LogP contribution in [0.4, 0.5) is 0 Å². The number of hydrogen-bond donors (Lipinski definition) is 1. The summed E-state index contributed by atoms with van der Waals surface area (Å²) in [6, 6.07) is 7.66. The van der Waals surface area contributed by atoms with E-state index in [-0.39, 0.29) is 11.8 Å². The molecule has 0 spiro atoms. The average molecular weight is 391 g/mol. The number of benzene rings is 1. The van der Waals surface area contributed by atoms with E-state index in [9.17, 15) is 4.79 Å². The molecular weight excluding hydrogens is 364 g/mol. The van der Waals surface area contributed by atoms with Crippen molar-refractivity contribution in [3.8, 4) is 11.4 Å². The maximum Gasteiger partial charge on any atom is 0.241 e. The first-order valence-electron chi connectivity index (χ1n) is 9.70. The molecule has 1 aliphatic rings. The largest absolute Gasteiger partial charge is 0.353 e. The molecule has 1 aromatic carbocycles. The van der Waals surface area contributed by atoms with Gasteiger partial charge in [0.05, 0.1) is 6.54 Å². The highest BCUT2D eigenvalue weighted by Gasteiger charge is 2.26. The molecule has 0 atom stereocenters. The van der Waals surface area contributed by atoms with Crippen LogP contribution in [-0.2, 0) is 11.3 Å². The molecule has 1 fully saturated rings. The Morgan fingerprint density at radius 1 is 1.26 bits per heavy atom. The van der Waals surface area contributed by atoms with E-state index in [1.807, 2.05) is 24.3 Å². The number of nitrogens with zero attached hydrogens (tertiary/aromatic N) is 3. The van der Waals surface area contributed by atoms with Crippen LogP contribution in [0.2, 0.25) is 5.02 Å². The number of carbonyl (C=O) groups excluding carboxylic acids is 1. The van der Waals surface area contributed by atoms with Gasteiger partial charge in [-0.1, -0.05) is 30.6 Å². The number of likely N-dealkylation sites (tertiary alicyclic amines) is 1. The van der Waals surface area contributed by atoms with Gasteiger partial charge in [0.2, 0.25) is 17.6 Å². The summed E-state index contributed by atoms with van der Waals surface area (Å²) in [5, 5.41) is 7.90. The van der Waals surface area contributed by atoms with Crippen LogP contribution < -0.4 is 5.32 Å². The van der Waals surface area contributed by atoms with Gasteiger partial charge in [0.1, 0.15) is 0 Å². The summed E-state index contributed by atoms with van der Waals surface area (Å²) in [4.78, 5) is 19.1. The molecule has 0 unspecified atom stereocenters. The molecule has 3 rings (SSSR count). The second-order valence-corrected chi connectivity index (χ2v) is 7.53. The van der Waals surface area contributed by atoms with Crippen molar-refractivity contribution in [2.75, 3.05) is 13.1 Å². The maximum atomic E-state index is 12.4. The van der Waals surface area contributed by atoms with Crippen LogP contribution in [0.25, 0.3) is 11.4 Å². The van der Waals surface area contributed by atoms with Crippen molar-refractivity contribution in [3.63, 3.8) is 0 Å². The normalized spacial score (nSPS) is 16.0. The van der Waals surface area contributed by atoms with E-state index in [2.05, 4.69) is 34.2 Å². The first-order valence-corrected chi connectivity index (χ1v) is 10.1. The fourth-order valence-electron chi connectivity index (χ4n) is 3.39. The van der Waals surface area contributed by atoms with Gasteiger partial charge in [-0.3, -0.25) is 9.69 Å². The second kappa shape index (κ2) is 9.33. The highest BCUT2D eigenvalue weighted by atomic mass is 35.5. The summed E-state index contributed by atoms with van der Waals surface area (Å²) in [6.45, 7) is 6.56. The molecule has 27 heavy (non-hydrogen) atoms. The second-order valence-electron chi connectivity index (χ2n) is 7.09. The minimum Gasteiger partial charge on any atom is -0.353 e. The smallest absolute Gasteiger partial charge is 0.241 e. The Morgan fingerprint density at radius 3 is 2.56 bits per heavy atom. The molecule has 1 amide bonds. The molecule has 2 aromatic rings. The molecule has 146 valence electrons. The predicted octanol–water partition coefficient (Wildman–Crippen LogP) is 3.91. The lowest BCUT2D eigenvalue weighted by Gasteiger charge is -2.31. The maximum absolute atomic E-state index is 12.4. The Bertz CT molecular complexity index is 735. The first-order chi connectivity index (χ1) is 13.1. The Morgan fingerprint density at radius 2 is 1.93 bits per heavy atom. The summed E-state index contributed by atoms with van der Waals surface area (Å²) in [5.41, 5.74) is 0.881. The lowest BCUT2D eigenvalue weighted by Crippen LogP contribution is -2.43. The molecule has 1 aliphatic heterocycles. The van der Waals surface area contributed by atoms with Crippen LogP contribution in [-0.4, -0.2) is 40.1 Å². The third kappa shape index (κ3) is 5.30. The quantitative estimate of drug-likeness (QED) is 0.776. The van der Waals surface area contributed by atoms with E-state index in [1.54, 1.807) is 0 Å². The SMILES string of the molecule is CCC(CC)NC(=O)C1CCN(Cc2nc(-c3ccc(Cl)cc3)no2)CC1. The molecule has 1 aromatic heterocycles. The summed E-state index contributed by atoms with van der Waals surface area (Å²) in [5.74, 6) is 1.47. The van der Waals surface area contributed by atoms with E-state index >= 15 is 0 Å². The number of hydrogen-bond acceptors (Lipinski definition) is 5. The third-order valence-corrected chi connectivity index (χ3v) is 5.47. The van der Waals surface area contributed by atoms with Gasteiger partial charge in [-0.25, -0.2) is 0 Å². The average Bonchev–Trinajstić information content (AvgIpc) is 3.15. The molecule has 1 saturated heterocycles. The van der Waals surface area contributed by atoms with E-state index in [4.69, 9.17) is 16.1 Å². The molecule has 0 saturated carbocycles. The summed E-state index contributed by atoms with van der Waals surface area (Å²) in [6.07, 6.45) is 3.69. The first kappa shape index (κ1) is 19.8. The van der Waals surface area contributed by atoms with Crippen molar-refractivity contribution in [1.29, 1.82) is 0 Å². The minimum absolute atomic E-state index is 0.106. The monoisotopic (exact) mass is 390 g/mol. The van der Waals surface area contributed by atoms with Gasteiger partial charge < -0.3 is 9.84 Å². The van der Waals surface area contributed by atoms with Crippen molar-refractivity contribution >= 4 is 17.5 Å². The van der Waals surface area contributed by atoms with Crippen LogP contribution in [0.1, 0.15) is 45.4 Å². The van der Waals surface area contributed by atoms with Crippen LogP contribution in [0.15, 0.2) is 28.8 Å². The van der Waals surface area contributed by atoms with Gasteiger partial charge in [-0.15, -0.1) is 0 Å². The highest BCUT2D eigenvalue weighted by Crippen LogP contribution is 2.22. The van der Waals surface area contributed by atoms with E-state index in [1.165, 1.54) is 0 Å². The van der Waals surface area contributed by atoms with Crippen molar-refractivity contribution in [1.82, 2.24) is 20.4 Å². The number of aromatic nitrogens is 2. The van der Waals surface area contributed by atoms with Crippen LogP contribution in [0.5, 0.6) is 0 Å². The van der Waals surface area contributed by atoms with Gasteiger partial charge in [0.25, 0.3) is 0 Å². The molecular formula is C20H27ClN4O2.